The molecule has 1 heterocycles. The molecule has 0 atom stereocenters. The van der Waals surface area contributed by atoms with Gasteiger partial charge < -0.3 is 20.3 Å². The number of aliphatic imine (C=N–C) groups is 1. The molecule has 1 fully saturated rings. The van der Waals surface area contributed by atoms with Crippen LogP contribution < -0.4 is 15.4 Å². The van der Waals surface area contributed by atoms with E-state index in [-0.39, 0.29) is 29.8 Å². The van der Waals surface area contributed by atoms with Gasteiger partial charge in [0.05, 0.1) is 13.2 Å². The normalized spacial score (nSPS) is 15.8. The number of ether oxygens (including phenoxy) is 1. The summed E-state index contributed by atoms with van der Waals surface area (Å²) in [6, 6.07) is 5.49. The zero-order valence-corrected chi connectivity index (χ0v) is 19.8. The van der Waals surface area contributed by atoms with Crippen molar-refractivity contribution in [2.75, 3.05) is 32.8 Å². The smallest absolute Gasteiger partial charge is 0.191 e. The quantitative estimate of drug-likeness (QED) is 0.300. The number of piperidine rings is 1. The molecule has 5 nitrogen and oxygen atoms in total. The molecule has 2 rings (SSSR count). The summed E-state index contributed by atoms with van der Waals surface area (Å²) >= 11 is 0. The predicted octanol–water partition coefficient (Wildman–Crippen LogP) is 4.16. The number of guanidine groups is 1. The van der Waals surface area contributed by atoms with E-state index in [0.717, 1.165) is 44.0 Å². The van der Waals surface area contributed by atoms with E-state index in [4.69, 9.17) is 4.74 Å². The van der Waals surface area contributed by atoms with E-state index in [1.54, 1.807) is 6.07 Å². The van der Waals surface area contributed by atoms with Crippen molar-refractivity contribution < 1.29 is 9.13 Å². The van der Waals surface area contributed by atoms with Gasteiger partial charge in [0.25, 0.3) is 0 Å². The summed E-state index contributed by atoms with van der Waals surface area (Å²) < 4.78 is 19.2. The number of hydrogen-bond donors (Lipinski definition) is 2. The lowest BCUT2D eigenvalue weighted by atomic mass is 10.0. The Labute approximate surface area is 186 Å². The van der Waals surface area contributed by atoms with Crippen molar-refractivity contribution in [2.45, 2.75) is 59.0 Å². The van der Waals surface area contributed by atoms with Gasteiger partial charge in [0.15, 0.2) is 17.5 Å². The Morgan fingerprint density at radius 1 is 1.25 bits per heavy atom. The maximum absolute atomic E-state index is 14.0. The minimum Gasteiger partial charge on any atom is -0.491 e. The lowest BCUT2D eigenvalue weighted by Crippen LogP contribution is -2.48. The second-order valence-corrected chi connectivity index (χ2v) is 7.01. The number of unbranched alkanes of at least 4 members (excludes halogenated alkanes) is 1. The number of halogens is 2. The van der Waals surface area contributed by atoms with Gasteiger partial charge in [0.1, 0.15) is 0 Å². The van der Waals surface area contributed by atoms with Crippen molar-refractivity contribution in [2.24, 2.45) is 4.99 Å². The van der Waals surface area contributed by atoms with Gasteiger partial charge >= 0.3 is 0 Å². The van der Waals surface area contributed by atoms with Crippen molar-refractivity contribution in [1.82, 2.24) is 15.5 Å². The number of nitrogens with one attached hydrogen (secondary N) is 2. The topological polar surface area (TPSA) is 48.9 Å². The van der Waals surface area contributed by atoms with Crippen LogP contribution in [0.5, 0.6) is 5.75 Å². The van der Waals surface area contributed by atoms with Crippen LogP contribution in [-0.4, -0.2) is 49.7 Å². The van der Waals surface area contributed by atoms with E-state index < -0.39 is 0 Å². The molecule has 0 bridgehead atoms. The highest BCUT2D eigenvalue weighted by Crippen LogP contribution is 2.19. The van der Waals surface area contributed by atoms with Crippen LogP contribution in [0.25, 0.3) is 0 Å². The molecular formula is C21H36FIN4O. The van der Waals surface area contributed by atoms with E-state index >= 15 is 0 Å². The monoisotopic (exact) mass is 506 g/mol. The van der Waals surface area contributed by atoms with Crippen molar-refractivity contribution in [3.05, 3.63) is 29.6 Å². The van der Waals surface area contributed by atoms with Gasteiger partial charge in [0.2, 0.25) is 0 Å². The summed E-state index contributed by atoms with van der Waals surface area (Å²) in [5.41, 5.74) is 0.836. The zero-order valence-electron chi connectivity index (χ0n) is 17.5. The van der Waals surface area contributed by atoms with Crippen LogP contribution in [0.2, 0.25) is 0 Å². The predicted molar refractivity (Wildman–Crippen MR) is 125 cm³/mol. The fraction of sp³-hybridized carbons (Fsp3) is 0.667. The average molecular weight is 506 g/mol. The molecule has 0 aliphatic carbocycles. The van der Waals surface area contributed by atoms with E-state index in [1.807, 2.05) is 13.0 Å². The summed E-state index contributed by atoms with van der Waals surface area (Å²) in [6.45, 7) is 11.3. The Balaban J connectivity index is 0.00000392. The Kier molecular flexibility index (Phi) is 12.5. The van der Waals surface area contributed by atoms with E-state index in [0.29, 0.717) is 24.9 Å². The third-order valence-corrected chi connectivity index (χ3v) is 4.82. The first kappa shape index (κ1) is 24.9. The molecule has 1 aromatic rings. The number of rotatable bonds is 9. The number of hydrogen-bond acceptors (Lipinski definition) is 3. The van der Waals surface area contributed by atoms with Crippen LogP contribution in [0, 0.1) is 5.82 Å². The zero-order chi connectivity index (χ0) is 19.5. The van der Waals surface area contributed by atoms with Crippen LogP contribution in [0.3, 0.4) is 0 Å². The van der Waals surface area contributed by atoms with E-state index in [1.165, 1.54) is 25.5 Å². The molecule has 0 unspecified atom stereocenters. The Morgan fingerprint density at radius 2 is 2.00 bits per heavy atom. The molecule has 1 aromatic carbocycles. The fourth-order valence-electron chi connectivity index (χ4n) is 3.28. The summed E-state index contributed by atoms with van der Waals surface area (Å²) in [5.74, 6) is 0.769. The Bertz CT molecular complexity index is 592. The van der Waals surface area contributed by atoms with Crippen LogP contribution in [0.4, 0.5) is 4.39 Å². The molecule has 2 N–H and O–H groups in total. The molecule has 0 radical (unpaired) electrons. The van der Waals surface area contributed by atoms with Crippen LogP contribution in [-0.2, 0) is 6.54 Å². The number of likely N-dealkylation sites (tertiary alicyclic amines) is 1. The van der Waals surface area contributed by atoms with Crippen molar-refractivity contribution in [1.29, 1.82) is 0 Å². The Morgan fingerprint density at radius 3 is 2.61 bits per heavy atom. The highest BCUT2D eigenvalue weighted by atomic mass is 127. The lowest BCUT2D eigenvalue weighted by molar-refractivity contribution is 0.203. The van der Waals surface area contributed by atoms with Crippen LogP contribution in [0.15, 0.2) is 23.2 Å². The molecule has 0 amide bonds. The first-order valence-corrected chi connectivity index (χ1v) is 10.3. The number of nitrogens with zero attached hydrogens (tertiary/aromatic N) is 2. The van der Waals surface area contributed by atoms with Crippen molar-refractivity contribution >= 4 is 29.9 Å². The molecule has 160 valence electrons. The molecule has 0 spiro atoms. The minimum atomic E-state index is -0.332. The van der Waals surface area contributed by atoms with Gasteiger partial charge in [-0.15, -0.1) is 24.0 Å². The molecular weight excluding hydrogens is 470 g/mol. The minimum absolute atomic E-state index is 0. The summed E-state index contributed by atoms with van der Waals surface area (Å²) in [5, 5.41) is 6.84. The molecule has 1 aliphatic heterocycles. The maximum atomic E-state index is 14.0. The second-order valence-electron chi connectivity index (χ2n) is 7.01. The summed E-state index contributed by atoms with van der Waals surface area (Å²) in [4.78, 5) is 7.19. The molecule has 1 saturated heterocycles. The summed E-state index contributed by atoms with van der Waals surface area (Å²) in [6.07, 6.45) is 4.79. The molecule has 7 heteroatoms. The lowest BCUT2D eigenvalue weighted by Gasteiger charge is -2.33. The van der Waals surface area contributed by atoms with E-state index in [9.17, 15) is 4.39 Å². The molecule has 0 saturated carbocycles. The third kappa shape index (κ3) is 8.51. The van der Waals surface area contributed by atoms with Gasteiger partial charge in [-0.1, -0.05) is 19.4 Å². The third-order valence-electron chi connectivity index (χ3n) is 4.82. The molecule has 0 aromatic heterocycles. The fourth-order valence-corrected chi connectivity index (χ4v) is 3.28. The van der Waals surface area contributed by atoms with Gasteiger partial charge in [0, 0.05) is 25.7 Å². The Hall–Kier alpha value is -1.09. The van der Waals surface area contributed by atoms with Crippen molar-refractivity contribution in [3.8, 4) is 5.75 Å². The van der Waals surface area contributed by atoms with Gasteiger partial charge in [-0.3, -0.25) is 0 Å². The average Bonchev–Trinajstić information content (AvgIpc) is 2.68. The highest BCUT2D eigenvalue weighted by Gasteiger charge is 2.19. The van der Waals surface area contributed by atoms with E-state index in [2.05, 4.69) is 34.4 Å². The van der Waals surface area contributed by atoms with Crippen LogP contribution >= 0.6 is 24.0 Å². The first-order chi connectivity index (χ1) is 13.2. The highest BCUT2D eigenvalue weighted by molar-refractivity contribution is 14.0. The standard InChI is InChI=1S/C21H35FN4O.HI/c1-4-7-12-26-13-10-18(11-14-26)25-21(23-5-2)24-16-17-8-9-20(27-6-3)19(22)15-17;/h8-9,15,18H,4-7,10-14,16H2,1-3H3,(H2,23,24,25);1H. The molecule has 28 heavy (non-hydrogen) atoms. The summed E-state index contributed by atoms with van der Waals surface area (Å²) in [7, 11) is 0. The van der Waals surface area contributed by atoms with Gasteiger partial charge in [-0.2, -0.15) is 0 Å². The maximum Gasteiger partial charge on any atom is 0.191 e. The molecule has 1 aliphatic rings. The van der Waals surface area contributed by atoms with Crippen LogP contribution in [0.1, 0.15) is 52.0 Å². The first-order valence-electron chi connectivity index (χ1n) is 10.3. The SMILES string of the molecule is CCCCN1CCC(NC(=NCc2ccc(OCC)c(F)c2)NCC)CC1.I. The van der Waals surface area contributed by atoms with Crippen molar-refractivity contribution in [3.63, 3.8) is 0 Å². The number of benzene rings is 1. The largest absolute Gasteiger partial charge is 0.491 e. The van der Waals surface area contributed by atoms with Gasteiger partial charge in [-0.05, 0) is 57.4 Å². The van der Waals surface area contributed by atoms with Gasteiger partial charge in [-0.25, -0.2) is 9.38 Å². The second kappa shape index (κ2) is 14.0.